The monoisotopic (exact) mass is 420 g/mol. The summed E-state index contributed by atoms with van der Waals surface area (Å²) in [7, 11) is 0. The van der Waals surface area contributed by atoms with Gasteiger partial charge in [0.05, 0.1) is 6.54 Å². The zero-order valence-electron chi connectivity index (χ0n) is 15.5. The molecule has 0 radical (unpaired) electrons. The topological polar surface area (TPSA) is 59.7 Å². The van der Waals surface area contributed by atoms with Crippen molar-refractivity contribution in [3.05, 3.63) is 54.0 Å². The molecular weight excluding hydrogens is 401 g/mol. The van der Waals surface area contributed by atoms with E-state index in [-0.39, 0.29) is 0 Å². The fourth-order valence-electron chi connectivity index (χ4n) is 3.24. The standard InChI is InChI=1S/C19H19F3N6S/c20-19(21,22)15-9-10-17(25-23-15)29-18-26-24-16(13-27-11-5-2-6-12-27)28(18)14-7-3-1-4-8-14/h1,3-4,7-10H,2,5-6,11-13H2. The van der Waals surface area contributed by atoms with Gasteiger partial charge in [-0.15, -0.1) is 20.4 Å². The van der Waals surface area contributed by atoms with Crippen molar-refractivity contribution in [3.8, 4) is 5.69 Å². The number of aromatic nitrogens is 5. The molecule has 1 aromatic carbocycles. The van der Waals surface area contributed by atoms with Crippen LogP contribution in [0.1, 0.15) is 30.8 Å². The molecule has 6 nitrogen and oxygen atoms in total. The number of para-hydroxylation sites is 1. The van der Waals surface area contributed by atoms with Crippen LogP contribution in [0, 0.1) is 0 Å². The van der Waals surface area contributed by atoms with Crippen molar-refractivity contribution >= 4 is 11.8 Å². The molecule has 1 saturated heterocycles. The summed E-state index contributed by atoms with van der Waals surface area (Å²) < 4.78 is 40.1. The Morgan fingerprint density at radius 2 is 1.62 bits per heavy atom. The number of rotatable bonds is 5. The summed E-state index contributed by atoms with van der Waals surface area (Å²) in [5.74, 6) is 0.792. The first-order valence-electron chi connectivity index (χ1n) is 9.31. The maximum atomic E-state index is 12.7. The highest BCUT2D eigenvalue weighted by atomic mass is 32.2. The van der Waals surface area contributed by atoms with Crippen LogP contribution in [0.3, 0.4) is 0 Å². The second kappa shape index (κ2) is 8.50. The van der Waals surface area contributed by atoms with E-state index in [1.165, 1.54) is 25.3 Å². The van der Waals surface area contributed by atoms with Crippen LogP contribution in [0.5, 0.6) is 0 Å². The van der Waals surface area contributed by atoms with Gasteiger partial charge in [-0.05, 0) is 62.0 Å². The third-order valence-corrected chi connectivity index (χ3v) is 5.53. The van der Waals surface area contributed by atoms with E-state index >= 15 is 0 Å². The molecule has 0 saturated carbocycles. The normalized spacial score (nSPS) is 15.6. The van der Waals surface area contributed by atoms with E-state index < -0.39 is 11.9 Å². The fourth-order valence-corrected chi connectivity index (χ4v) is 4.03. The van der Waals surface area contributed by atoms with Gasteiger partial charge >= 0.3 is 6.18 Å². The number of hydrogen-bond donors (Lipinski definition) is 0. The highest BCUT2D eigenvalue weighted by molar-refractivity contribution is 7.99. The molecule has 0 atom stereocenters. The average Bonchev–Trinajstić information content (AvgIpc) is 3.11. The Bertz CT molecular complexity index is 937. The quantitative estimate of drug-likeness (QED) is 0.616. The molecule has 2 aromatic heterocycles. The third kappa shape index (κ3) is 4.76. The molecule has 1 aliphatic heterocycles. The lowest BCUT2D eigenvalue weighted by Gasteiger charge is -2.26. The molecule has 4 rings (SSSR count). The summed E-state index contributed by atoms with van der Waals surface area (Å²) >= 11 is 1.14. The Morgan fingerprint density at radius 3 is 2.28 bits per heavy atom. The van der Waals surface area contributed by atoms with Gasteiger partial charge in [-0.3, -0.25) is 9.47 Å². The Balaban J connectivity index is 1.62. The largest absolute Gasteiger partial charge is 0.435 e. The Hall–Kier alpha value is -2.46. The predicted octanol–water partition coefficient (Wildman–Crippen LogP) is 4.21. The third-order valence-electron chi connectivity index (χ3n) is 4.65. The summed E-state index contributed by atoms with van der Waals surface area (Å²) in [6.07, 6.45) is -0.929. The van der Waals surface area contributed by atoms with E-state index in [1.807, 2.05) is 34.9 Å². The Morgan fingerprint density at radius 1 is 0.862 bits per heavy atom. The molecule has 29 heavy (non-hydrogen) atoms. The second-order valence-electron chi connectivity index (χ2n) is 6.76. The van der Waals surface area contributed by atoms with Gasteiger partial charge in [0.15, 0.2) is 11.5 Å². The van der Waals surface area contributed by atoms with Crippen molar-refractivity contribution in [1.29, 1.82) is 0 Å². The van der Waals surface area contributed by atoms with Gasteiger partial charge in [0.1, 0.15) is 5.03 Å². The number of hydrogen-bond acceptors (Lipinski definition) is 6. The van der Waals surface area contributed by atoms with Gasteiger partial charge in [-0.2, -0.15) is 13.2 Å². The first kappa shape index (κ1) is 19.8. The smallest absolute Gasteiger partial charge is 0.296 e. The van der Waals surface area contributed by atoms with E-state index in [4.69, 9.17) is 0 Å². The molecule has 3 heterocycles. The van der Waals surface area contributed by atoms with Crippen molar-refractivity contribution in [3.63, 3.8) is 0 Å². The summed E-state index contributed by atoms with van der Waals surface area (Å²) in [5, 5.41) is 16.5. The number of halogens is 3. The van der Waals surface area contributed by atoms with Crippen LogP contribution in [0.2, 0.25) is 0 Å². The highest BCUT2D eigenvalue weighted by Gasteiger charge is 2.33. The highest BCUT2D eigenvalue weighted by Crippen LogP contribution is 2.31. The number of nitrogens with zero attached hydrogens (tertiary/aromatic N) is 6. The predicted molar refractivity (Wildman–Crippen MR) is 102 cm³/mol. The summed E-state index contributed by atoms with van der Waals surface area (Å²) in [5.41, 5.74) is -0.121. The van der Waals surface area contributed by atoms with Crippen molar-refractivity contribution < 1.29 is 13.2 Å². The summed E-state index contributed by atoms with van der Waals surface area (Å²) in [6, 6.07) is 11.9. The molecule has 0 spiro atoms. The summed E-state index contributed by atoms with van der Waals surface area (Å²) in [6.45, 7) is 2.71. The molecule has 10 heteroatoms. The van der Waals surface area contributed by atoms with E-state index in [9.17, 15) is 13.2 Å². The average molecular weight is 420 g/mol. The van der Waals surface area contributed by atoms with Crippen molar-refractivity contribution in [2.24, 2.45) is 0 Å². The fraction of sp³-hybridized carbons (Fsp3) is 0.368. The van der Waals surface area contributed by atoms with Crippen LogP contribution < -0.4 is 0 Å². The Labute approximate surface area is 170 Å². The van der Waals surface area contributed by atoms with Gasteiger partial charge in [0, 0.05) is 5.69 Å². The molecular formula is C19H19F3N6S. The maximum Gasteiger partial charge on any atom is 0.435 e. The van der Waals surface area contributed by atoms with Gasteiger partial charge in [-0.25, -0.2) is 0 Å². The number of alkyl halides is 3. The van der Waals surface area contributed by atoms with Crippen molar-refractivity contribution in [1.82, 2.24) is 29.9 Å². The SMILES string of the molecule is FC(F)(F)c1ccc(Sc2nnc(CN3CCCCC3)n2-c2ccccc2)nn1. The van der Waals surface area contributed by atoms with Crippen LogP contribution in [-0.4, -0.2) is 43.0 Å². The van der Waals surface area contributed by atoms with E-state index in [1.54, 1.807) is 0 Å². The van der Waals surface area contributed by atoms with E-state index in [0.717, 1.165) is 42.4 Å². The summed E-state index contributed by atoms with van der Waals surface area (Å²) in [4.78, 5) is 2.35. The molecule has 1 aliphatic rings. The molecule has 0 unspecified atom stereocenters. The number of likely N-dealkylation sites (tertiary alicyclic amines) is 1. The molecule has 3 aromatic rings. The minimum absolute atomic E-state index is 0.326. The lowest BCUT2D eigenvalue weighted by Crippen LogP contribution is -2.30. The minimum atomic E-state index is -4.51. The molecule has 0 aliphatic carbocycles. The first-order valence-corrected chi connectivity index (χ1v) is 10.1. The molecule has 152 valence electrons. The van der Waals surface area contributed by atoms with Crippen LogP contribution in [0.25, 0.3) is 5.69 Å². The van der Waals surface area contributed by atoms with Crippen molar-refractivity contribution in [2.45, 2.75) is 42.2 Å². The minimum Gasteiger partial charge on any atom is -0.296 e. The Kier molecular flexibility index (Phi) is 5.81. The number of piperidine rings is 1. The van der Waals surface area contributed by atoms with E-state index in [2.05, 4.69) is 25.3 Å². The molecule has 0 N–H and O–H groups in total. The molecule has 0 amide bonds. The van der Waals surface area contributed by atoms with Crippen LogP contribution in [-0.2, 0) is 12.7 Å². The van der Waals surface area contributed by atoms with Crippen LogP contribution >= 0.6 is 11.8 Å². The zero-order valence-corrected chi connectivity index (χ0v) is 16.3. The lowest BCUT2D eigenvalue weighted by molar-refractivity contribution is -0.141. The second-order valence-corrected chi connectivity index (χ2v) is 7.75. The van der Waals surface area contributed by atoms with Crippen LogP contribution in [0.15, 0.2) is 52.6 Å². The molecule has 1 fully saturated rings. The maximum absolute atomic E-state index is 12.7. The zero-order chi connectivity index (χ0) is 20.3. The van der Waals surface area contributed by atoms with Gasteiger partial charge in [0.2, 0.25) is 5.16 Å². The van der Waals surface area contributed by atoms with Crippen LogP contribution in [0.4, 0.5) is 13.2 Å². The molecule has 0 bridgehead atoms. The van der Waals surface area contributed by atoms with Crippen molar-refractivity contribution in [2.75, 3.05) is 13.1 Å². The van der Waals surface area contributed by atoms with Gasteiger partial charge < -0.3 is 0 Å². The van der Waals surface area contributed by atoms with E-state index in [0.29, 0.717) is 16.7 Å². The first-order chi connectivity index (χ1) is 14.0. The van der Waals surface area contributed by atoms with Gasteiger partial charge in [-0.1, -0.05) is 24.6 Å². The number of benzene rings is 1. The lowest BCUT2D eigenvalue weighted by atomic mass is 10.1. The van der Waals surface area contributed by atoms with Gasteiger partial charge in [0.25, 0.3) is 0 Å².